The molecule has 0 fully saturated rings. The van der Waals surface area contributed by atoms with Crippen LogP contribution in [-0.4, -0.2) is 40.7 Å². The standard InChI is InChI=1S/C20H18Cl2N2O5/c21-13-5-6-18(16(22)11-13)28-9-10-29-19(26)12-17-14-3-1-2-4-15(14)20(27)24(23-17)7-8-25/h1-6,11,25H,7-10,12H2. The second-order valence-corrected chi connectivity index (χ2v) is 6.91. The third-order valence-corrected chi connectivity index (χ3v) is 4.60. The summed E-state index contributed by atoms with van der Waals surface area (Å²) in [5.74, 6) is -0.0708. The number of rotatable bonds is 8. The van der Waals surface area contributed by atoms with Crippen molar-refractivity contribution in [2.24, 2.45) is 0 Å². The van der Waals surface area contributed by atoms with E-state index < -0.39 is 5.97 Å². The fourth-order valence-corrected chi connectivity index (χ4v) is 3.23. The molecule has 0 aliphatic heterocycles. The van der Waals surface area contributed by atoms with Crippen LogP contribution >= 0.6 is 23.2 Å². The zero-order valence-corrected chi connectivity index (χ0v) is 16.8. The summed E-state index contributed by atoms with van der Waals surface area (Å²) in [6, 6.07) is 11.7. The molecule has 0 bridgehead atoms. The van der Waals surface area contributed by atoms with Crippen LogP contribution in [0.2, 0.25) is 10.0 Å². The van der Waals surface area contributed by atoms with Gasteiger partial charge in [-0.1, -0.05) is 41.4 Å². The summed E-state index contributed by atoms with van der Waals surface area (Å²) < 4.78 is 11.8. The Morgan fingerprint density at radius 1 is 1.10 bits per heavy atom. The largest absolute Gasteiger partial charge is 0.488 e. The van der Waals surface area contributed by atoms with Gasteiger partial charge in [0.2, 0.25) is 0 Å². The average Bonchev–Trinajstić information content (AvgIpc) is 2.70. The first-order valence-corrected chi connectivity index (χ1v) is 9.58. The highest BCUT2D eigenvalue weighted by Crippen LogP contribution is 2.27. The van der Waals surface area contributed by atoms with Crippen molar-refractivity contribution in [1.82, 2.24) is 9.78 Å². The van der Waals surface area contributed by atoms with Gasteiger partial charge < -0.3 is 14.6 Å². The molecule has 0 radical (unpaired) electrons. The van der Waals surface area contributed by atoms with E-state index in [9.17, 15) is 9.59 Å². The molecule has 2 aromatic carbocycles. The summed E-state index contributed by atoms with van der Waals surface area (Å²) in [4.78, 5) is 24.6. The highest BCUT2D eigenvalue weighted by atomic mass is 35.5. The maximum absolute atomic E-state index is 12.4. The number of aliphatic hydroxyl groups excluding tert-OH is 1. The Morgan fingerprint density at radius 2 is 1.86 bits per heavy atom. The van der Waals surface area contributed by atoms with Crippen LogP contribution < -0.4 is 10.3 Å². The number of hydrogen-bond donors (Lipinski definition) is 1. The van der Waals surface area contributed by atoms with Crippen molar-refractivity contribution in [3.8, 4) is 5.75 Å². The molecule has 0 aliphatic rings. The molecule has 0 saturated heterocycles. The highest BCUT2D eigenvalue weighted by molar-refractivity contribution is 6.35. The van der Waals surface area contributed by atoms with Gasteiger partial charge in [-0.25, -0.2) is 4.68 Å². The monoisotopic (exact) mass is 436 g/mol. The van der Waals surface area contributed by atoms with Gasteiger partial charge in [-0.05, 0) is 24.3 Å². The van der Waals surface area contributed by atoms with Crippen molar-refractivity contribution in [1.29, 1.82) is 0 Å². The zero-order valence-electron chi connectivity index (χ0n) is 15.3. The molecule has 1 heterocycles. The third-order valence-electron chi connectivity index (χ3n) is 4.07. The molecular weight excluding hydrogens is 419 g/mol. The normalized spacial score (nSPS) is 10.9. The Kier molecular flexibility index (Phi) is 7.09. The van der Waals surface area contributed by atoms with E-state index in [1.165, 1.54) is 0 Å². The number of carbonyl (C=O) groups excluding carboxylic acids is 1. The fourth-order valence-electron chi connectivity index (χ4n) is 2.77. The first-order chi connectivity index (χ1) is 14.0. The summed E-state index contributed by atoms with van der Waals surface area (Å²) >= 11 is 11.8. The summed E-state index contributed by atoms with van der Waals surface area (Å²) in [5.41, 5.74) is 0.0836. The summed E-state index contributed by atoms with van der Waals surface area (Å²) in [5, 5.41) is 15.2. The lowest BCUT2D eigenvalue weighted by atomic mass is 10.1. The molecule has 0 amide bonds. The Labute approximate surface area is 176 Å². The predicted octanol–water partition coefficient (Wildman–Crippen LogP) is 2.86. The lowest BCUT2D eigenvalue weighted by Gasteiger charge is -2.11. The van der Waals surface area contributed by atoms with Crippen LogP contribution in [0.4, 0.5) is 0 Å². The number of esters is 1. The van der Waals surface area contributed by atoms with E-state index in [-0.39, 0.29) is 38.3 Å². The van der Waals surface area contributed by atoms with E-state index >= 15 is 0 Å². The maximum Gasteiger partial charge on any atom is 0.312 e. The Hall–Kier alpha value is -2.61. The average molecular weight is 437 g/mol. The summed E-state index contributed by atoms with van der Waals surface area (Å²) in [6.45, 7) is -0.0571. The molecule has 1 N–H and O–H groups in total. The van der Waals surface area contributed by atoms with E-state index in [1.807, 2.05) is 0 Å². The zero-order chi connectivity index (χ0) is 20.8. The molecule has 0 spiro atoms. The second-order valence-electron chi connectivity index (χ2n) is 6.06. The van der Waals surface area contributed by atoms with Crippen LogP contribution in [0.25, 0.3) is 10.8 Å². The van der Waals surface area contributed by atoms with Crippen molar-refractivity contribution < 1.29 is 19.4 Å². The molecule has 0 atom stereocenters. The first-order valence-electron chi connectivity index (χ1n) is 8.82. The van der Waals surface area contributed by atoms with Gasteiger partial charge in [0, 0.05) is 10.4 Å². The molecule has 9 heteroatoms. The van der Waals surface area contributed by atoms with E-state index in [2.05, 4.69) is 5.10 Å². The van der Waals surface area contributed by atoms with Crippen LogP contribution in [-0.2, 0) is 22.5 Å². The Bertz CT molecular complexity index is 1080. The predicted molar refractivity (Wildman–Crippen MR) is 110 cm³/mol. The first kappa shape index (κ1) is 21.1. The number of aromatic nitrogens is 2. The Balaban J connectivity index is 1.63. The van der Waals surface area contributed by atoms with Gasteiger partial charge >= 0.3 is 5.97 Å². The van der Waals surface area contributed by atoms with Gasteiger partial charge in [0.15, 0.2) is 0 Å². The minimum absolute atomic E-state index is 0.0198. The van der Waals surface area contributed by atoms with Crippen molar-refractivity contribution >= 4 is 39.9 Å². The smallest absolute Gasteiger partial charge is 0.312 e. The van der Waals surface area contributed by atoms with E-state index in [1.54, 1.807) is 42.5 Å². The number of halogens is 2. The number of ether oxygens (including phenoxy) is 2. The number of hydrogen-bond acceptors (Lipinski definition) is 6. The van der Waals surface area contributed by atoms with Crippen molar-refractivity contribution in [3.05, 3.63) is 68.6 Å². The number of nitrogens with zero attached hydrogens (tertiary/aromatic N) is 2. The van der Waals surface area contributed by atoms with E-state index in [0.29, 0.717) is 32.3 Å². The van der Waals surface area contributed by atoms with E-state index in [0.717, 1.165) is 4.68 Å². The van der Waals surface area contributed by atoms with Gasteiger partial charge in [0.05, 0.1) is 35.7 Å². The molecule has 0 unspecified atom stereocenters. The highest BCUT2D eigenvalue weighted by Gasteiger charge is 2.14. The quantitative estimate of drug-likeness (QED) is 0.431. The van der Waals surface area contributed by atoms with Gasteiger partial charge in [-0.3, -0.25) is 9.59 Å². The third kappa shape index (κ3) is 5.26. The summed E-state index contributed by atoms with van der Waals surface area (Å²) in [7, 11) is 0. The number of aliphatic hydroxyl groups is 1. The molecule has 3 rings (SSSR count). The van der Waals surface area contributed by atoms with Crippen LogP contribution in [0.3, 0.4) is 0 Å². The van der Waals surface area contributed by atoms with Crippen molar-refractivity contribution in [2.45, 2.75) is 13.0 Å². The van der Waals surface area contributed by atoms with Crippen LogP contribution in [0.5, 0.6) is 5.75 Å². The van der Waals surface area contributed by atoms with Gasteiger partial charge in [-0.2, -0.15) is 5.10 Å². The molecule has 0 aliphatic carbocycles. The van der Waals surface area contributed by atoms with Crippen LogP contribution in [0, 0.1) is 0 Å². The summed E-state index contributed by atoms with van der Waals surface area (Å²) in [6.07, 6.45) is -0.117. The number of benzene rings is 2. The van der Waals surface area contributed by atoms with Crippen molar-refractivity contribution in [3.63, 3.8) is 0 Å². The molecular formula is C20H18Cl2N2O5. The number of fused-ring (bicyclic) bond motifs is 1. The molecule has 29 heavy (non-hydrogen) atoms. The topological polar surface area (TPSA) is 90.7 Å². The molecule has 152 valence electrons. The molecule has 1 aromatic heterocycles. The van der Waals surface area contributed by atoms with Crippen LogP contribution in [0.15, 0.2) is 47.3 Å². The SMILES string of the molecule is O=C(Cc1nn(CCO)c(=O)c2ccccc12)OCCOc1ccc(Cl)cc1Cl. The van der Waals surface area contributed by atoms with Gasteiger partial charge in [0.25, 0.3) is 5.56 Å². The molecule has 0 saturated carbocycles. The lowest BCUT2D eigenvalue weighted by molar-refractivity contribution is -0.143. The second kappa shape index (κ2) is 9.73. The fraction of sp³-hybridized carbons (Fsp3) is 0.250. The number of carbonyl (C=O) groups is 1. The maximum atomic E-state index is 12.4. The van der Waals surface area contributed by atoms with Crippen LogP contribution in [0.1, 0.15) is 5.69 Å². The Morgan fingerprint density at radius 3 is 2.59 bits per heavy atom. The molecule has 3 aromatic rings. The lowest BCUT2D eigenvalue weighted by Crippen LogP contribution is -2.27. The van der Waals surface area contributed by atoms with E-state index in [4.69, 9.17) is 37.8 Å². The van der Waals surface area contributed by atoms with Gasteiger partial charge in [-0.15, -0.1) is 0 Å². The van der Waals surface area contributed by atoms with Crippen molar-refractivity contribution in [2.75, 3.05) is 19.8 Å². The van der Waals surface area contributed by atoms with Gasteiger partial charge in [0.1, 0.15) is 19.0 Å². The molecule has 7 nitrogen and oxygen atoms in total. The minimum atomic E-state index is -0.511. The minimum Gasteiger partial charge on any atom is -0.488 e.